The lowest BCUT2D eigenvalue weighted by molar-refractivity contribution is -0.134. The number of carbonyl (C=O) groups is 1. The Morgan fingerprint density at radius 3 is 2.38 bits per heavy atom. The summed E-state index contributed by atoms with van der Waals surface area (Å²) < 4.78 is 31.7. The minimum atomic E-state index is -3.97. The zero-order chi connectivity index (χ0) is 22.1. The van der Waals surface area contributed by atoms with Crippen LogP contribution < -0.4 is 10.4 Å². The largest absolute Gasteiger partial charge is 0.381 e. The Bertz CT molecular complexity index is 1030. The zero-order valence-corrected chi connectivity index (χ0v) is 20.1. The third-order valence-corrected chi connectivity index (χ3v) is 9.53. The van der Waals surface area contributed by atoms with Crippen LogP contribution in [0.25, 0.3) is 11.3 Å². The Kier molecular flexibility index (Phi) is 7.79. The van der Waals surface area contributed by atoms with E-state index in [9.17, 15) is 18.4 Å². The van der Waals surface area contributed by atoms with Gasteiger partial charge in [0, 0.05) is 63.2 Å². The van der Waals surface area contributed by atoms with Crippen LogP contribution in [0.3, 0.4) is 0 Å². The number of aromatic nitrogens is 1. The molecule has 12 heteroatoms. The van der Waals surface area contributed by atoms with Gasteiger partial charge < -0.3 is 9.64 Å². The van der Waals surface area contributed by atoms with Crippen LogP contribution >= 0.6 is 23.7 Å². The van der Waals surface area contributed by atoms with Crippen molar-refractivity contribution in [2.75, 3.05) is 44.3 Å². The number of hydrogen-bond donors (Lipinski definition) is 2. The number of rotatable bonds is 5. The second-order valence-corrected chi connectivity index (χ2v) is 10.9. The topological polar surface area (TPSA) is 112 Å². The molecule has 2 aliphatic heterocycles. The van der Waals surface area contributed by atoms with E-state index in [-0.39, 0.29) is 51.6 Å². The summed E-state index contributed by atoms with van der Waals surface area (Å²) in [7, 11) is -3.97. The molecular formula is C20H27ClN4O5S2. The van der Waals surface area contributed by atoms with E-state index in [4.69, 9.17) is 9.72 Å². The second kappa shape index (κ2) is 10.0. The van der Waals surface area contributed by atoms with E-state index in [1.807, 2.05) is 36.6 Å². The van der Waals surface area contributed by atoms with Gasteiger partial charge in [0.2, 0.25) is 10.0 Å². The van der Waals surface area contributed by atoms with Crippen LogP contribution in [-0.2, 0) is 19.6 Å². The van der Waals surface area contributed by atoms with Crippen molar-refractivity contribution >= 4 is 44.8 Å². The number of nitrogens with one attached hydrogen (secondary N) is 1. The standard InChI is InChI=1S/C20H26N4O5S2.ClH/c1-15-2-4-16(5-3-15)17-14-30-19(21-17)23-8-10-24(11-9-23)31(27,28)20(18(25)22-26)6-12-29-13-7-20;/h2-5,14,26H,6-13H2,1H3,(H,22,25);1H. The highest BCUT2D eigenvalue weighted by Crippen LogP contribution is 2.34. The lowest BCUT2D eigenvalue weighted by atomic mass is 9.98. The molecule has 32 heavy (non-hydrogen) atoms. The van der Waals surface area contributed by atoms with Gasteiger partial charge in [0.05, 0.1) is 5.69 Å². The molecule has 0 aliphatic carbocycles. The molecule has 2 aromatic rings. The van der Waals surface area contributed by atoms with Crippen molar-refractivity contribution in [3.8, 4) is 11.3 Å². The monoisotopic (exact) mass is 502 g/mol. The molecule has 2 fully saturated rings. The Labute approximate surface area is 197 Å². The second-order valence-electron chi connectivity index (χ2n) is 7.82. The number of ether oxygens (including phenoxy) is 1. The lowest BCUT2D eigenvalue weighted by Gasteiger charge is -2.41. The van der Waals surface area contributed by atoms with Crippen molar-refractivity contribution in [3.05, 3.63) is 35.2 Å². The molecule has 2 N–H and O–H groups in total. The van der Waals surface area contributed by atoms with Crippen molar-refractivity contribution in [1.82, 2.24) is 14.8 Å². The first kappa shape index (κ1) is 24.9. The van der Waals surface area contributed by atoms with Crippen LogP contribution in [0.4, 0.5) is 5.13 Å². The molecular weight excluding hydrogens is 476 g/mol. The fourth-order valence-electron chi connectivity index (χ4n) is 4.04. The molecule has 1 aromatic heterocycles. The smallest absolute Gasteiger partial charge is 0.266 e. The van der Waals surface area contributed by atoms with Crippen LogP contribution in [0.5, 0.6) is 0 Å². The molecule has 0 spiro atoms. The summed E-state index contributed by atoms with van der Waals surface area (Å²) in [5.74, 6) is -0.888. The summed E-state index contributed by atoms with van der Waals surface area (Å²) in [6.07, 6.45) is 0.0443. The summed E-state index contributed by atoms with van der Waals surface area (Å²) in [5.41, 5.74) is 4.69. The van der Waals surface area contributed by atoms with Gasteiger partial charge in [0.15, 0.2) is 9.88 Å². The van der Waals surface area contributed by atoms with E-state index < -0.39 is 20.7 Å². The van der Waals surface area contributed by atoms with E-state index in [1.165, 1.54) is 21.2 Å². The molecule has 3 heterocycles. The first-order valence-electron chi connectivity index (χ1n) is 10.2. The number of nitrogens with zero attached hydrogens (tertiary/aromatic N) is 3. The minimum Gasteiger partial charge on any atom is -0.381 e. The van der Waals surface area contributed by atoms with Gasteiger partial charge in [-0.3, -0.25) is 10.0 Å². The fourth-order valence-corrected chi connectivity index (χ4v) is 7.03. The predicted octanol–water partition coefficient (Wildman–Crippen LogP) is 2.05. The van der Waals surface area contributed by atoms with E-state index in [0.29, 0.717) is 13.1 Å². The molecule has 0 atom stereocenters. The average Bonchev–Trinajstić information content (AvgIpc) is 3.29. The zero-order valence-electron chi connectivity index (χ0n) is 17.7. The number of thiazole rings is 1. The molecule has 2 aliphatic rings. The third kappa shape index (κ3) is 4.50. The van der Waals surface area contributed by atoms with Crippen LogP contribution in [-0.4, -0.2) is 73.0 Å². The predicted molar refractivity (Wildman–Crippen MR) is 125 cm³/mol. The van der Waals surface area contributed by atoms with Gasteiger partial charge in [0.25, 0.3) is 5.91 Å². The maximum Gasteiger partial charge on any atom is 0.266 e. The molecule has 4 rings (SSSR count). The number of carbonyl (C=O) groups excluding carboxylic acids is 1. The number of hydroxylamine groups is 1. The van der Waals surface area contributed by atoms with Crippen LogP contribution in [0.15, 0.2) is 29.6 Å². The number of halogens is 1. The third-order valence-electron chi connectivity index (χ3n) is 6.00. The molecule has 0 unspecified atom stereocenters. The normalized spacial score (nSPS) is 19.2. The molecule has 9 nitrogen and oxygen atoms in total. The number of hydrogen-bond acceptors (Lipinski definition) is 8. The number of amides is 1. The highest BCUT2D eigenvalue weighted by atomic mass is 35.5. The highest BCUT2D eigenvalue weighted by Gasteiger charge is 2.54. The Morgan fingerprint density at radius 1 is 1.16 bits per heavy atom. The summed E-state index contributed by atoms with van der Waals surface area (Å²) in [5, 5.41) is 12.0. The van der Waals surface area contributed by atoms with Crippen molar-refractivity contribution in [2.45, 2.75) is 24.5 Å². The molecule has 1 amide bonds. The summed E-state index contributed by atoms with van der Waals surface area (Å²) in [4.78, 5) is 19.2. The molecule has 0 radical (unpaired) electrons. The van der Waals surface area contributed by atoms with E-state index in [1.54, 1.807) is 5.48 Å². The van der Waals surface area contributed by atoms with Crippen molar-refractivity contribution in [1.29, 1.82) is 0 Å². The Hall–Kier alpha value is -1.76. The van der Waals surface area contributed by atoms with Gasteiger partial charge in [-0.25, -0.2) is 18.9 Å². The van der Waals surface area contributed by atoms with Crippen molar-refractivity contribution < 1.29 is 23.2 Å². The number of sulfonamides is 1. The Balaban J connectivity index is 0.00000289. The Morgan fingerprint density at radius 2 is 1.78 bits per heavy atom. The van der Waals surface area contributed by atoms with Gasteiger partial charge in [-0.2, -0.15) is 4.31 Å². The first-order chi connectivity index (χ1) is 14.9. The number of aryl methyl sites for hydroxylation is 1. The SMILES string of the molecule is Cc1ccc(-c2csc(N3CCN(S(=O)(=O)C4(C(=O)NO)CCOCC4)CC3)n2)cc1.Cl. The molecule has 1 aromatic carbocycles. The minimum absolute atomic E-state index is 0. The summed E-state index contributed by atoms with van der Waals surface area (Å²) in [6.45, 7) is 3.83. The van der Waals surface area contributed by atoms with Crippen LogP contribution in [0, 0.1) is 6.92 Å². The van der Waals surface area contributed by atoms with Gasteiger partial charge in [-0.15, -0.1) is 23.7 Å². The fraction of sp³-hybridized carbons (Fsp3) is 0.500. The quantitative estimate of drug-likeness (QED) is 0.475. The van der Waals surface area contributed by atoms with Gasteiger partial charge >= 0.3 is 0 Å². The van der Waals surface area contributed by atoms with E-state index in [2.05, 4.69) is 4.90 Å². The van der Waals surface area contributed by atoms with E-state index in [0.717, 1.165) is 16.4 Å². The first-order valence-corrected chi connectivity index (χ1v) is 12.5. The molecule has 0 bridgehead atoms. The maximum atomic E-state index is 13.4. The molecule has 176 valence electrons. The lowest BCUT2D eigenvalue weighted by Crippen LogP contribution is -2.62. The van der Waals surface area contributed by atoms with Crippen LogP contribution in [0.2, 0.25) is 0 Å². The summed E-state index contributed by atoms with van der Waals surface area (Å²) >= 11 is 1.53. The van der Waals surface area contributed by atoms with Gasteiger partial charge in [-0.05, 0) is 6.92 Å². The van der Waals surface area contributed by atoms with Crippen LogP contribution in [0.1, 0.15) is 18.4 Å². The number of benzene rings is 1. The van der Waals surface area contributed by atoms with Gasteiger partial charge in [-0.1, -0.05) is 29.8 Å². The van der Waals surface area contributed by atoms with E-state index >= 15 is 0 Å². The number of anilines is 1. The number of piperazine rings is 1. The maximum absolute atomic E-state index is 13.4. The molecule has 2 saturated heterocycles. The van der Waals surface area contributed by atoms with Gasteiger partial charge in [0.1, 0.15) is 0 Å². The average molecular weight is 503 g/mol. The van der Waals surface area contributed by atoms with Crippen molar-refractivity contribution in [2.24, 2.45) is 0 Å². The van der Waals surface area contributed by atoms with Crippen molar-refractivity contribution in [3.63, 3.8) is 0 Å². The highest BCUT2D eigenvalue weighted by molar-refractivity contribution is 7.91. The molecule has 0 saturated carbocycles. The summed E-state index contributed by atoms with van der Waals surface area (Å²) in [6, 6.07) is 8.18.